The number of carbonyl (C=O) groups excluding carboxylic acids is 1. The molecule has 5 nitrogen and oxygen atoms in total. The zero-order valence-electron chi connectivity index (χ0n) is 14.7. The van der Waals surface area contributed by atoms with Gasteiger partial charge in [-0.25, -0.2) is 0 Å². The molecule has 5 heteroatoms. The van der Waals surface area contributed by atoms with Gasteiger partial charge in [-0.2, -0.15) is 0 Å². The Bertz CT molecular complexity index is 693. The van der Waals surface area contributed by atoms with Gasteiger partial charge in [-0.1, -0.05) is 39.0 Å². The molecule has 2 aromatic rings. The maximum absolute atomic E-state index is 12.5. The molecule has 0 aliphatic carbocycles. The van der Waals surface area contributed by atoms with Crippen LogP contribution < -0.4 is 10.6 Å². The highest BCUT2D eigenvalue weighted by Crippen LogP contribution is 2.29. The highest BCUT2D eigenvalue weighted by molar-refractivity contribution is 6.03. The van der Waals surface area contributed by atoms with Gasteiger partial charge >= 0.3 is 0 Å². The van der Waals surface area contributed by atoms with Crippen molar-refractivity contribution in [3.63, 3.8) is 0 Å². The van der Waals surface area contributed by atoms with E-state index in [1.807, 2.05) is 30.3 Å². The van der Waals surface area contributed by atoms with E-state index in [4.69, 9.17) is 4.74 Å². The van der Waals surface area contributed by atoms with Crippen molar-refractivity contribution in [3.05, 3.63) is 53.9 Å². The number of pyridine rings is 1. The molecular formula is C19H25N3O2. The van der Waals surface area contributed by atoms with E-state index in [1.165, 1.54) is 0 Å². The number of hydrogen-bond acceptors (Lipinski definition) is 4. The number of para-hydroxylation sites is 1. The number of nitrogens with zero attached hydrogens (tertiary/aromatic N) is 1. The summed E-state index contributed by atoms with van der Waals surface area (Å²) >= 11 is 0. The van der Waals surface area contributed by atoms with Crippen molar-refractivity contribution in [2.45, 2.75) is 26.2 Å². The maximum Gasteiger partial charge on any atom is 0.274 e. The zero-order chi connectivity index (χ0) is 17.6. The second-order valence-corrected chi connectivity index (χ2v) is 6.60. The lowest BCUT2D eigenvalue weighted by Crippen LogP contribution is -2.19. The third kappa shape index (κ3) is 4.80. The summed E-state index contributed by atoms with van der Waals surface area (Å²) in [6.07, 6.45) is 1.62. The van der Waals surface area contributed by atoms with Crippen molar-refractivity contribution < 1.29 is 9.53 Å². The number of ether oxygens (including phenoxy) is 1. The minimum atomic E-state index is -0.220. The second kappa shape index (κ2) is 7.93. The summed E-state index contributed by atoms with van der Waals surface area (Å²) in [7, 11) is 1.65. The van der Waals surface area contributed by atoms with Crippen LogP contribution >= 0.6 is 0 Å². The van der Waals surface area contributed by atoms with E-state index in [1.54, 1.807) is 19.4 Å². The molecule has 0 unspecified atom stereocenters. The Morgan fingerprint density at radius 3 is 2.67 bits per heavy atom. The van der Waals surface area contributed by atoms with Crippen LogP contribution in [0.4, 0.5) is 11.4 Å². The molecule has 0 atom stereocenters. The average molecular weight is 327 g/mol. The number of hydrogen-bond donors (Lipinski definition) is 2. The molecule has 1 heterocycles. The number of nitrogens with one attached hydrogen (secondary N) is 2. The Kier molecular flexibility index (Phi) is 5.93. The highest BCUT2D eigenvalue weighted by Gasteiger charge is 2.19. The molecule has 1 aromatic heterocycles. The fraction of sp³-hybridized carbons (Fsp3) is 0.368. The van der Waals surface area contributed by atoms with Crippen molar-refractivity contribution in [1.82, 2.24) is 4.98 Å². The molecule has 2 N–H and O–H groups in total. The van der Waals surface area contributed by atoms with E-state index in [0.29, 0.717) is 18.8 Å². The van der Waals surface area contributed by atoms with Crippen molar-refractivity contribution in [2.75, 3.05) is 30.9 Å². The standard InChI is InChI=1S/C19H25N3O2/c1-19(2,3)15-7-5-6-8-16(15)22-18(23)17-13-14(9-10-21-17)20-11-12-24-4/h5-10,13H,11-12H2,1-4H3,(H,20,21)(H,22,23). The van der Waals surface area contributed by atoms with Gasteiger partial charge in [0.15, 0.2) is 0 Å². The Morgan fingerprint density at radius 2 is 1.96 bits per heavy atom. The molecule has 1 aromatic carbocycles. The Morgan fingerprint density at radius 1 is 1.21 bits per heavy atom. The smallest absolute Gasteiger partial charge is 0.274 e. The third-order valence-electron chi connectivity index (χ3n) is 3.61. The van der Waals surface area contributed by atoms with E-state index in [9.17, 15) is 4.79 Å². The molecule has 1 amide bonds. The first-order valence-corrected chi connectivity index (χ1v) is 8.01. The van der Waals surface area contributed by atoms with Gasteiger partial charge in [-0.3, -0.25) is 9.78 Å². The predicted molar refractivity (Wildman–Crippen MR) is 97.7 cm³/mol. The SMILES string of the molecule is COCCNc1ccnc(C(=O)Nc2ccccc2C(C)(C)C)c1. The molecular weight excluding hydrogens is 302 g/mol. The predicted octanol–water partition coefficient (Wildman–Crippen LogP) is 3.69. The van der Waals surface area contributed by atoms with Crippen LogP contribution in [0.25, 0.3) is 0 Å². The van der Waals surface area contributed by atoms with E-state index >= 15 is 0 Å². The summed E-state index contributed by atoms with van der Waals surface area (Å²) in [5, 5.41) is 6.17. The molecule has 0 bridgehead atoms. The van der Waals surface area contributed by atoms with Gasteiger partial charge in [0.25, 0.3) is 5.91 Å². The quantitative estimate of drug-likeness (QED) is 0.794. The molecule has 0 radical (unpaired) electrons. The van der Waals surface area contributed by atoms with Crippen molar-refractivity contribution in [1.29, 1.82) is 0 Å². The second-order valence-electron chi connectivity index (χ2n) is 6.60. The molecule has 2 rings (SSSR count). The first-order chi connectivity index (χ1) is 11.4. The largest absolute Gasteiger partial charge is 0.383 e. The molecule has 24 heavy (non-hydrogen) atoms. The van der Waals surface area contributed by atoms with Gasteiger partial charge in [-0.05, 0) is 29.2 Å². The van der Waals surface area contributed by atoms with Crippen molar-refractivity contribution in [3.8, 4) is 0 Å². The van der Waals surface area contributed by atoms with Gasteiger partial charge in [0.2, 0.25) is 0 Å². The normalized spacial score (nSPS) is 11.2. The van der Waals surface area contributed by atoms with Gasteiger partial charge in [0, 0.05) is 31.2 Å². The van der Waals surface area contributed by atoms with Gasteiger partial charge in [-0.15, -0.1) is 0 Å². The molecule has 0 spiro atoms. The molecule has 128 valence electrons. The van der Waals surface area contributed by atoms with Gasteiger partial charge in [0.1, 0.15) is 5.69 Å². The molecule has 0 aliphatic rings. The van der Waals surface area contributed by atoms with E-state index in [0.717, 1.165) is 16.9 Å². The summed E-state index contributed by atoms with van der Waals surface area (Å²) < 4.78 is 5.01. The van der Waals surface area contributed by atoms with Crippen LogP contribution in [0.2, 0.25) is 0 Å². The fourth-order valence-corrected chi connectivity index (χ4v) is 2.39. The summed E-state index contributed by atoms with van der Waals surface area (Å²) in [5.41, 5.74) is 3.07. The summed E-state index contributed by atoms with van der Waals surface area (Å²) in [6.45, 7) is 7.64. The number of rotatable bonds is 6. The van der Waals surface area contributed by atoms with Crippen LogP contribution in [-0.4, -0.2) is 31.2 Å². The average Bonchev–Trinajstić information content (AvgIpc) is 2.55. The van der Waals surface area contributed by atoms with Crippen LogP contribution in [-0.2, 0) is 10.2 Å². The van der Waals surface area contributed by atoms with Crippen LogP contribution in [0.5, 0.6) is 0 Å². The maximum atomic E-state index is 12.5. The number of carbonyl (C=O) groups is 1. The number of benzene rings is 1. The monoisotopic (exact) mass is 327 g/mol. The molecule has 0 aliphatic heterocycles. The number of anilines is 2. The Hall–Kier alpha value is -2.40. The minimum Gasteiger partial charge on any atom is -0.383 e. The number of aromatic nitrogens is 1. The molecule has 0 saturated heterocycles. The summed E-state index contributed by atoms with van der Waals surface area (Å²) in [4.78, 5) is 16.7. The van der Waals surface area contributed by atoms with Crippen LogP contribution in [0.15, 0.2) is 42.6 Å². The van der Waals surface area contributed by atoms with E-state index < -0.39 is 0 Å². The zero-order valence-corrected chi connectivity index (χ0v) is 14.7. The molecule has 0 saturated carbocycles. The summed E-state index contributed by atoms with van der Waals surface area (Å²) in [5.74, 6) is -0.220. The van der Waals surface area contributed by atoms with Crippen molar-refractivity contribution in [2.24, 2.45) is 0 Å². The minimum absolute atomic E-state index is 0.0547. The first-order valence-electron chi connectivity index (χ1n) is 8.01. The number of methoxy groups -OCH3 is 1. The highest BCUT2D eigenvalue weighted by atomic mass is 16.5. The Labute approximate surface area is 143 Å². The lowest BCUT2D eigenvalue weighted by Gasteiger charge is -2.23. The van der Waals surface area contributed by atoms with Crippen LogP contribution in [0, 0.1) is 0 Å². The third-order valence-corrected chi connectivity index (χ3v) is 3.61. The van der Waals surface area contributed by atoms with E-state index in [-0.39, 0.29) is 11.3 Å². The number of amides is 1. The Balaban J connectivity index is 2.15. The van der Waals surface area contributed by atoms with Crippen molar-refractivity contribution >= 4 is 17.3 Å². The van der Waals surface area contributed by atoms with Crippen LogP contribution in [0.1, 0.15) is 36.8 Å². The van der Waals surface area contributed by atoms with Gasteiger partial charge < -0.3 is 15.4 Å². The fourth-order valence-electron chi connectivity index (χ4n) is 2.39. The molecule has 0 fully saturated rings. The summed E-state index contributed by atoms with van der Waals surface area (Å²) in [6, 6.07) is 11.4. The van der Waals surface area contributed by atoms with Gasteiger partial charge in [0.05, 0.1) is 6.61 Å². The van der Waals surface area contributed by atoms with E-state index in [2.05, 4.69) is 36.4 Å². The lowest BCUT2D eigenvalue weighted by molar-refractivity contribution is 0.102. The van der Waals surface area contributed by atoms with Crippen LogP contribution in [0.3, 0.4) is 0 Å². The first kappa shape index (κ1) is 17.9. The topological polar surface area (TPSA) is 63.2 Å². The lowest BCUT2D eigenvalue weighted by atomic mass is 9.86.